The van der Waals surface area contributed by atoms with Crippen molar-refractivity contribution in [2.24, 2.45) is 0 Å². The molecule has 1 aromatic rings. The average Bonchev–Trinajstić information content (AvgIpc) is 2.76. The lowest BCUT2D eigenvalue weighted by Crippen LogP contribution is -2.23. The first kappa shape index (κ1) is 16.6. The lowest BCUT2D eigenvalue weighted by Gasteiger charge is -2.20. The number of rotatable bonds is 9. The second kappa shape index (κ2) is 8.68. The molecule has 1 rings (SSSR count). The van der Waals surface area contributed by atoms with Gasteiger partial charge in [0.2, 0.25) is 0 Å². The minimum Gasteiger partial charge on any atom is -0.382 e. The third-order valence-electron chi connectivity index (χ3n) is 2.94. The number of methoxy groups -OCH3 is 1. The highest BCUT2D eigenvalue weighted by Crippen LogP contribution is 2.27. The molecular weight excluding hydrogens is 310 g/mol. The van der Waals surface area contributed by atoms with E-state index in [1.165, 1.54) is 5.69 Å². The van der Waals surface area contributed by atoms with Crippen molar-refractivity contribution in [2.75, 3.05) is 34.0 Å². The van der Waals surface area contributed by atoms with E-state index in [0.29, 0.717) is 25.9 Å². The van der Waals surface area contributed by atoms with Gasteiger partial charge < -0.3 is 14.8 Å². The minimum atomic E-state index is 0.224. The number of aromatic nitrogens is 2. The van der Waals surface area contributed by atoms with Crippen LogP contribution in [0, 0.1) is 0 Å². The molecule has 0 radical (unpaired) electrons. The SMILES string of the molecule is CNC(CCOCCOC)c1c(Br)cnn1C(C)C. The highest BCUT2D eigenvalue weighted by Gasteiger charge is 2.19. The van der Waals surface area contributed by atoms with Gasteiger partial charge in [-0.25, -0.2) is 0 Å². The van der Waals surface area contributed by atoms with Crippen LogP contribution >= 0.6 is 15.9 Å². The van der Waals surface area contributed by atoms with Crippen LogP contribution in [0.15, 0.2) is 10.7 Å². The monoisotopic (exact) mass is 333 g/mol. The lowest BCUT2D eigenvalue weighted by molar-refractivity contribution is 0.0656. The summed E-state index contributed by atoms with van der Waals surface area (Å²) in [4.78, 5) is 0. The molecule has 0 saturated carbocycles. The average molecular weight is 334 g/mol. The molecule has 19 heavy (non-hydrogen) atoms. The predicted molar refractivity (Wildman–Crippen MR) is 79.4 cm³/mol. The van der Waals surface area contributed by atoms with Crippen LogP contribution in [0.5, 0.6) is 0 Å². The third-order valence-corrected chi connectivity index (χ3v) is 3.55. The number of halogens is 1. The molecule has 6 heteroatoms. The molecule has 0 amide bonds. The Kier molecular flexibility index (Phi) is 7.60. The number of hydrogen-bond donors (Lipinski definition) is 1. The van der Waals surface area contributed by atoms with Crippen LogP contribution in [-0.4, -0.2) is 43.8 Å². The molecule has 0 spiro atoms. The van der Waals surface area contributed by atoms with Crippen LogP contribution in [0.1, 0.15) is 38.0 Å². The van der Waals surface area contributed by atoms with Gasteiger partial charge in [0, 0.05) is 19.8 Å². The summed E-state index contributed by atoms with van der Waals surface area (Å²) < 4.78 is 13.6. The summed E-state index contributed by atoms with van der Waals surface area (Å²) in [6.07, 6.45) is 2.75. The van der Waals surface area contributed by atoms with E-state index in [1.807, 2.05) is 17.9 Å². The summed E-state index contributed by atoms with van der Waals surface area (Å²) >= 11 is 3.58. The Morgan fingerprint density at radius 1 is 1.37 bits per heavy atom. The molecule has 110 valence electrons. The fraction of sp³-hybridized carbons (Fsp3) is 0.769. The number of nitrogens with one attached hydrogen (secondary N) is 1. The molecule has 0 aliphatic carbocycles. The van der Waals surface area contributed by atoms with Crippen molar-refractivity contribution in [3.63, 3.8) is 0 Å². The third kappa shape index (κ3) is 4.87. The Morgan fingerprint density at radius 3 is 2.68 bits per heavy atom. The van der Waals surface area contributed by atoms with E-state index in [1.54, 1.807) is 7.11 Å². The second-order valence-electron chi connectivity index (χ2n) is 4.65. The van der Waals surface area contributed by atoms with E-state index in [-0.39, 0.29) is 6.04 Å². The molecule has 0 aromatic carbocycles. The molecule has 1 N–H and O–H groups in total. The van der Waals surface area contributed by atoms with E-state index in [0.717, 1.165) is 10.9 Å². The minimum absolute atomic E-state index is 0.224. The molecule has 1 unspecified atom stereocenters. The summed E-state index contributed by atoms with van der Waals surface area (Å²) in [7, 11) is 3.64. The van der Waals surface area contributed by atoms with Crippen molar-refractivity contribution in [3.05, 3.63) is 16.4 Å². The Balaban J connectivity index is 2.61. The summed E-state index contributed by atoms with van der Waals surface area (Å²) in [5, 5.41) is 7.74. The first-order chi connectivity index (χ1) is 9.11. The van der Waals surface area contributed by atoms with Crippen LogP contribution in [0.25, 0.3) is 0 Å². The molecule has 1 heterocycles. The molecule has 0 aliphatic heterocycles. The van der Waals surface area contributed by atoms with Crippen LogP contribution in [0.3, 0.4) is 0 Å². The van der Waals surface area contributed by atoms with Crippen molar-refractivity contribution in [1.82, 2.24) is 15.1 Å². The molecule has 0 bridgehead atoms. The maximum Gasteiger partial charge on any atom is 0.0700 e. The van der Waals surface area contributed by atoms with Gasteiger partial charge in [0.1, 0.15) is 0 Å². The summed E-state index contributed by atoms with van der Waals surface area (Å²) in [6, 6.07) is 0.563. The molecular formula is C13H24BrN3O2. The predicted octanol–water partition coefficient (Wildman–Crippen LogP) is 2.54. The van der Waals surface area contributed by atoms with Crippen molar-refractivity contribution in [2.45, 2.75) is 32.4 Å². The first-order valence-corrected chi connectivity index (χ1v) is 7.38. The smallest absolute Gasteiger partial charge is 0.0700 e. The Labute approximate surface area is 123 Å². The largest absolute Gasteiger partial charge is 0.382 e. The van der Waals surface area contributed by atoms with Gasteiger partial charge in [-0.15, -0.1) is 0 Å². The van der Waals surface area contributed by atoms with Crippen LogP contribution in [0.4, 0.5) is 0 Å². The fourth-order valence-electron chi connectivity index (χ4n) is 1.95. The summed E-state index contributed by atoms with van der Waals surface area (Å²) in [5.41, 5.74) is 1.17. The highest BCUT2D eigenvalue weighted by atomic mass is 79.9. The van der Waals surface area contributed by atoms with E-state index >= 15 is 0 Å². The van der Waals surface area contributed by atoms with Crippen molar-refractivity contribution in [3.8, 4) is 0 Å². The zero-order valence-electron chi connectivity index (χ0n) is 12.1. The topological polar surface area (TPSA) is 48.3 Å². The molecule has 5 nitrogen and oxygen atoms in total. The van der Waals surface area contributed by atoms with Gasteiger partial charge >= 0.3 is 0 Å². The van der Waals surface area contributed by atoms with Gasteiger partial charge in [0.05, 0.1) is 35.6 Å². The number of ether oxygens (including phenoxy) is 2. The van der Waals surface area contributed by atoms with Gasteiger partial charge in [-0.1, -0.05) is 0 Å². The Hall–Kier alpha value is -0.430. The Bertz CT molecular complexity index is 369. The van der Waals surface area contributed by atoms with Gasteiger partial charge in [-0.05, 0) is 43.2 Å². The van der Waals surface area contributed by atoms with E-state index < -0.39 is 0 Å². The summed E-state index contributed by atoms with van der Waals surface area (Å²) in [6.45, 7) is 6.23. The van der Waals surface area contributed by atoms with Crippen molar-refractivity contribution >= 4 is 15.9 Å². The standard InChI is InChI=1S/C13H24BrN3O2/c1-10(2)17-13(11(14)9-16-17)12(15-3)5-6-19-8-7-18-4/h9-10,12,15H,5-8H2,1-4H3. The maximum atomic E-state index is 5.53. The van der Waals surface area contributed by atoms with E-state index in [9.17, 15) is 0 Å². The molecule has 0 fully saturated rings. The zero-order chi connectivity index (χ0) is 14.3. The van der Waals surface area contributed by atoms with Crippen LogP contribution in [0.2, 0.25) is 0 Å². The lowest BCUT2D eigenvalue weighted by atomic mass is 10.1. The highest BCUT2D eigenvalue weighted by molar-refractivity contribution is 9.10. The van der Waals surface area contributed by atoms with Crippen LogP contribution < -0.4 is 5.32 Å². The first-order valence-electron chi connectivity index (χ1n) is 6.58. The van der Waals surface area contributed by atoms with E-state index in [4.69, 9.17) is 9.47 Å². The normalized spacial score (nSPS) is 13.2. The van der Waals surface area contributed by atoms with Crippen molar-refractivity contribution < 1.29 is 9.47 Å². The molecule has 1 aromatic heterocycles. The van der Waals surface area contributed by atoms with Gasteiger partial charge in [-0.3, -0.25) is 4.68 Å². The summed E-state index contributed by atoms with van der Waals surface area (Å²) in [5.74, 6) is 0. The van der Waals surface area contributed by atoms with Crippen LogP contribution in [-0.2, 0) is 9.47 Å². The van der Waals surface area contributed by atoms with Gasteiger partial charge in [-0.2, -0.15) is 5.10 Å². The Morgan fingerprint density at radius 2 is 2.11 bits per heavy atom. The van der Waals surface area contributed by atoms with E-state index in [2.05, 4.69) is 40.2 Å². The zero-order valence-corrected chi connectivity index (χ0v) is 13.7. The van der Waals surface area contributed by atoms with Crippen molar-refractivity contribution in [1.29, 1.82) is 0 Å². The quantitative estimate of drug-likeness (QED) is 0.705. The fourth-order valence-corrected chi connectivity index (χ4v) is 2.50. The van der Waals surface area contributed by atoms with Gasteiger partial charge in [0.25, 0.3) is 0 Å². The maximum absolute atomic E-state index is 5.53. The second-order valence-corrected chi connectivity index (χ2v) is 5.51. The number of hydrogen-bond acceptors (Lipinski definition) is 4. The van der Waals surface area contributed by atoms with Gasteiger partial charge in [0.15, 0.2) is 0 Å². The number of nitrogens with zero attached hydrogens (tertiary/aromatic N) is 2. The molecule has 1 atom stereocenters. The molecule has 0 aliphatic rings. The molecule has 0 saturated heterocycles.